The van der Waals surface area contributed by atoms with Gasteiger partial charge in [0.1, 0.15) is 0 Å². The molecule has 1 aliphatic rings. The van der Waals surface area contributed by atoms with Crippen LogP contribution in [-0.4, -0.2) is 33.3 Å². The number of benzene rings is 2. The molecule has 2 amide bonds. The van der Waals surface area contributed by atoms with Crippen molar-refractivity contribution in [2.45, 2.75) is 33.0 Å². The van der Waals surface area contributed by atoms with Crippen LogP contribution in [0.25, 0.3) is 11.3 Å². The number of halogens is 4. The molecule has 2 aromatic carbocycles. The normalized spacial score (nSPS) is 14.7. The molecule has 0 fully saturated rings. The van der Waals surface area contributed by atoms with Gasteiger partial charge < -0.3 is 4.90 Å². The SMILES string of the molecule is CC1=C(c2c(Br)cnn2-c2ccc(C#N)cc2)CN(C(C)C)C(=O)N1c1cccc(C(F)(F)F)c1. The minimum absolute atomic E-state index is 0.130. The van der Waals surface area contributed by atoms with Crippen LogP contribution in [0.15, 0.2) is 64.9 Å². The molecular formula is C25H21BrF3N5O. The number of nitrogens with zero attached hydrogens (tertiary/aromatic N) is 5. The van der Waals surface area contributed by atoms with E-state index in [4.69, 9.17) is 5.26 Å². The number of hydrogen-bond donors (Lipinski definition) is 0. The number of hydrogen-bond acceptors (Lipinski definition) is 3. The van der Waals surface area contributed by atoms with Crippen molar-refractivity contribution in [2.24, 2.45) is 0 Å². The third-order valence-electron chi connectivity index (χ3n) is 5.84. The van der Waals surface area contributed by atoms with E-state index in [0.717, 1.165) is 17.7 Å². The maximum atomic E-state index is 13.4. The molecule has 0 spiro atoms. The number of amides is 2. The predicted octanol–water partition coefficient (Wildman–Crippen LogP) is 6.61. The van der Waals surface area contributed by atoms with Crippen LogP contribution in [0.5, 0.6) is 0 Å². The van der Waals surface area contributed by atoms with Crippen LogP contribution in [0.3, 0.4) is 0 Å². The standard InChI is InChI=1S/C25H21BrF3N5O/c1-15(2)32-14-21(23-22(26)13-31-34(23)19-9-7-17(12-30)8-10-19)16(3)33(24(32)35)20-6-4-5-18(11-20)25(27,28)29/h4-11,13,15H,14H2,1-3H3. The van der Waals surface area contributed by atoms with Gasteiger partial charge in [0.15, 0.2) is 0 Å². The summed E-state index contributed by atoms with van der Waals surface area (Å²) < 4.78 is 42.6. The highest BCUT2D eigenvalue weighted by molar-refractivity contribution is 9.10. The van der Waals surface area contributed by atoms with Crippen molar-refractivity contribution in [3.63, 3.8) is 0 Å². The Balaban J connectivity index is 1.91. The summed E-state index contributed by atoms with van der Waals surface area (Å²) in [5.74, 6) is 0. The summed E-state index contributed by atoms with van der Waals surface area (Å²) in [6, 6.07) is 13.1. The Hall–Kier alpha value is -3.58. The zero-order valence-electron chi connectivity index (χ0n) is 19.1. The van der Waals surface area contributed by atoms with Crippen LogP contribution in [0.1, 0.15) is 37.6 Å². The Morgan fingerprint density at radius 2 is 1.80 bits per heavy atom. The minimum Gasteiger partial charge on any atom is -0.317 e. The number of alkyl halides is 3. The molecule has 4 rings (SSSR count). The Morgan fingerprint density at radius 1 is 1.11 bits per heavy atom. The molecule has 3 aromatic rings. The number of aromatic nitrogens is 2. The van der Waals surface area contributed by atoms with Gasteiger partial charge in [0.2, 0.25) is 0 Å². The van der Waals surface area contributed by atoms with Crippen molar-refractivity contribution in [3.8, 4) is 11.8 Å². The Morgan fingerprint density at radius 3 is 2.40 bits per heavy atom. The van der Waals surface area contributed by atoms with Crippen LogP contribution in [0.2, 0.25) is 0 Å². The van der Waals surface area contributed by atoms with Crippen molar-refractivity contribution >= 4 is 33.2 Å². The summed E-state index contributed by atoms with van der Waals surface area (Å²) in [6.45, 7) is 5.67. The second kappa shape index (κ2) is 9.23. The van der Waals surface area contributed by atoms with Gasteiger partial charge in [-0.05, 0) is 79.2 Å². The first kappa shape index (κ1) is 24.5. The van der Waals surface area contributed by atoms with Gasteiger partial charge in [0.25, 0.3) is 0 Å². The number of urea groups is 1. The van der Waals surface area contributed by atoms with Gasteiger partial charge in [-0.3, -0.25) is 4.90 Å². The molecule has 10 heteroatoms. The molecule has 1 aliphatic heterocycles. The summed E-state index contributed by atoms with van der Waals surface area (Å²) in [5.41, 5.74) is 2.40. The van der Waals surface area contributed by atoms with Crippen LogP contribution >= 0.6 is 15.9 Å². The van der Waals surface area contributed by atoms with E-state index in [1.54, 1.807) is 47.0 Å². The van der Waals surface area contributed by atoms with E-state index in [1.165, 1.54) is 17.0 Å². The van der Waals surface area contributed by atoms with Gasteiger partial charge in [-0.25, -0.2) is 9.48 Å². The summed E-state index contributed by atoms with van der Waals surface area (Å²) >= 11 is 3.55. The number of carbonyl (C=O) groups excluding carboxylic acids is 1. The summed E-state index contributed by atoms with van der Waals surface area (Å²) in [4.78, 5) is 16.4. The third-order valence-corrected chi connectivity index (χ3v) is 6.42. The van der Waals surface area contributed by atoms with Gasteiger partial charge in [-0.2, -0.15) is 23.5 Å². The lowest BCUT2D eigenvalue weighted by atomic mass is 10.0. The topological polar surface area (TPSA) is 65.2 Å². The van der Waals surface area contributed by atoms with E-state index in [1.807, 2.05) is 13.8 Å². The molecule has 0 saturated heterocycles. The molecule has 0 N–H and O–H groups in total. The molecule has 6 nitrogen and oxygen atoms in total. The van der Waals surface area contributed by atoms with Crippen molar-refractivity contribution in [3.05, 3.63) is 81.7 Å². The second-order valence-corrected chi connectivity index (χ2v) is 9.22. The molecule has 0 unspecified atom stereocenters. The van der Waals surface area contributed by atoms with Crippen molar-refractivity contribution in [2.75, 3.05) is 11.4 Å². The van der Waals surface area contributed by atoms with Gasteiger partial charge in [0, 0.05) is 17.3 Å². The first-order valence-corrected chi connectivity index (χ1v) is 11.5. The average Bonchev–Trinajstić information content (AvgIpc) is 3.20. The van der Waals surface area contributed by atoms with Crippen molar-refractivity contribution in [1.82, 2.24) is 14.7 Å². The fraction of sp³-hybridized carbons (Fsp3) is 0.240. The Labute approximate surface area is 209 Å². The first-order valence-electron chi connectivity index (χ1n) is 10.7. The smallest absolute Gasteiger partial charge is 0.317 e. The Kier molecular flexibility index (Phi) is 6.47. The maximum Gasteiger partial charge on any atom is 0.416 e. The molecule has 0 radical (unpaired) electrons. The zero-order valence-corrected chi connectivity index (χ0v) is 20.7. The third kappa shape index (κ3) is 4.56. The lowest BCUT2D eigenvalue weighted by molar-refractivity contribution is -0.137. The average molecular weight is 544 g/mol. The number of nitriles is 1. The monoisotopic (exact) mass is 543 g/mol. The molecule has 180 valence electrons. The van der Waals surface area contributed by atoms with Crippen LogP contribution in [0.4, 0.5) is 23.7 Å². The van der Waals surface area contributed by atoms with E-state index in [-0.39, 0.29) is 18.3 Å². The van der Waals surface area contributed by atoms with E-state index in [2.05, 4.69) is 27.1 Å². The first-order chi connectivity index (χ1) is 16.5. The highest BCUT2D eigenvalue weighted by Gasteiger charge is 2.37. The maximum absolute atomic E-state index is 13.4. The number of anilines is 1. The largest absolute Gasteiger partial charge is 0.416 e. The fourth-order valence-electron chi connectivity index (χ4n) is 4.01. The van der Waals surface area contributed by atoms with Gasteiger partial charge in [0.05, 0.1) is 51.5 Å². The van der Waals surface area contributed by atoms with E-state index < -0.39 is 17.8 Å². The summed E-state index contributed by atoms with van der Waals surface area (Å²) in [7, 11) is 0. The van der Waals surface area contributed by atoms with E-state index in [9.17, 15) is 18.0 Å². The van der Waals surface area contributed by atoms with E-state index in [0.29, 0.717) is 27.1 Å². The van der Waals surface area contributed by atoms with Crippen LogP contribution in [0, 0.1) is 11.3 Å². The lowest BCUT2D eigenvalue weighted by Crippen LogP contribution is -2.50. The summed E-state index contributed by atoms with van der Waals surface area (Å²) in [6.07, 6.45) is -2.91. The lowest BCUT2D eigenvalue weighted by Gasteiger charge is -2.40. The Bertz CT molecular complexity index is 1350. The van der Waals surface area contributed by atoms with Crippen molar-refractivity contribution in [1.29, 1.82) is 5.26 Å². The van der Waals surface area contributed by atoms with Gasteiger partial charge >= 0.3 is 12.2 Å². The van der Waals surface area contributed by atoms with Gasteiger partial charge in [-0.1, -0.05) is 6.07 Å². The molecule has 0 aliphatic carbocycles. The highest BCUT2D eigenvalue weighted by atomic mass is 79.9. The molecule has 0 atom stereocenters. The van der Waals surface area contributed by atoms with Crippen molar-refractivity contribution < 1.29 is 18.0 Å². The number of rotatable bonds is 4. The number of carbonyl (C=O) groups is 1. The van der Waals surface area contributed by atoms with Crippen LogP contribution in [-0.2, 0) is 6.18 Å². The summed E-state index contributed by atoms with van der Waals surface area (Å²) in [5, 5.41) is 13.6. The second-order valence-electron chi connectivity index (χ2n) is 8.36. The molecule has 1 aromatic heterocycles. The molecule has 0 bridgehead atoms. The molecule has 0 saturated carbocycles. The predicted molar refractivity (Wildman–Crippen MR) is 130 cm³/mol. The quantitative estimate of drug-likeness (QED) is 0.372. The molecule has 35 heavy (non-hydrogen) atoms. The fourth-order valence-corrected chi connectivity index (χ4v) is 4.51. The molecular weight excluding hydrogens is 523 g/mol. The minimum atomic E-state index is -4.54. The highest BCUT2D eigenvalue weighted by Crippen LogP contribution is 2.38. The van der Waals surface area contributed by atoms with Gasteiger partial charge in [-0.15, -0.1) is 0 Å². The zero-order chi connectivity index (χ0) is 25.5. The van der Waals surface area contributed by atoms with E-state index >= 15 is 0 Å². The van der Waals surface area contributed by atoms with Crippen LogP contribution < -0.4 is 4.90 Å². The number of allylic oxidation sites excluding steroid dienone is 1. The molecule has 2 heterocycles.